The number of H-pyrrole nitrogens is 1. The van der Waals surface area contributed by atoms with Crippen molar-refractivity contribution in [2.75, 3.05) is 0 Å². The lowest BCUT2D eigenvalue weighted by molar-refractivity contribution is -0.149. The maximum atomic E-state index is 16.0. The summed E-state index contributed by atoms with van der Waals surface area (Å²) >= 11 is 5.77. The van der Waals surface area contributed by atoms with Crippen molar-refractivity contribution < 1.29 is 37.4 Å². The van der Waals surface area contributed by atoms with Crippen molar-refractivity contribution >= 4 is 25.3 Å². The number of aromatic nitrogens is 2. The van der Waals surface area contributed by atoms with Gasteiger partial charge in [0, 0.05) is 6.20 Å². The largest absolute Gasteiger partial charge is 0.462 e. The topological polar surface area (TPSA) is 158 Å². The number of carbonyl (C=O) groups is 1. The Morgan fingerprint density at radius 2 is 1.95 bits per heavy atom. The van der Waals surface area contributed by atoms with E-state index >= 15 is 4.39 Å². The molecule has 3 N–H and O–H groups in total. The van der Waals surface area contributed by atoms with E-state index in [-0.39, 0.29) is 5.75 Å². The van der Waals surface area contributed by atoms with Gasteiger partial charge in [-0.15, -0.1) is 0 Å². The Hall–Kier alpha value is -2.54. The summed E-state index contributed by atoms with van der Waals surface area (Å²) in [7, 11) is -4.45. The fraction of sp³-hybridized carbons (Fsp3) is 0.500. The van der Waals surface area contributed by atoms with Gasteiger partial charge < -0.3 is 19.1 Å². The standard InChI is InChI=1S/C22H26ClFN3O9P/c1-11(2)33-18(29)12(3)26-37(32,35-13-8-6-5-7-9-13)36-16-15-22(16,31)21(4,24)19(34-15)27-10-14(23)17(28)25-20(27)30/h5-12,15-16,19,31H,1-4H3,(H,26,32)(H,25,28,30)/t12-,15-,16?,19-,21+,22+,37?/m1/s1. The molecular formula is C22H26ClFN3O9P. The summed E-state index contributed by atoms with van der Waals surface area (Å²) < 4.78 is 52.2. The summed E-state index contributed by atoms with van der Waals surface area (Å²) in [5.74, 6) is -0.636. The summed E-state index contributed by atoms with van der Waals surface area (Å²) in [5, 5.41) is 13.2. The van der Waals surface area contributed by atoms with Crippen LogP contribution in [0.4, 0.5) is 4.39 Å². The summed E-state index contributed by atoms with van der Waals surface area (Å²) in [6.45, 7) is 5.61. The zero-order chi connectivity index (χ0) is 27.3. The number of carbonyl (C=O) groups excluding carboxylic acids is 1. The number of halogens is 2. The molecule has 0 radical (unpaired) electrons. The highest BCUT2D eigenvalue weighted by molar-refractivity contribution is 7.52. The van der Waals surface area contributed by atoms with Gasteiger partial charge in [-0.3, -0.25) is 23.7 Å². The van der Waals surface area contributed by atoms with Crippen molar-refractivity contribution in [3.63, 3.8) is 0 Å². The fourth-order valence-corrected chi connectivity index (χ4v) is 5.94. The normalized spacial score (nSPS) is 30.9. The molecule has 0 spiro atoms. The number of fused-ring (bicyclic) bond motifs is 1. The van der Waals surface area contributed by atoms with Crippen LogP contribution in [0.1, 0.15) is 33.9 Å². The SMILES string of the molecule is CC(C)OC(=O)[C@@H](C)NP(=O)(Oc1ccccc1)OC1[C@H]2O[C@@H](n3cc(Cl)c(=O)[nH]c3=O)[C@](C)(F)[C@@]12O. The number of alkyl halides is 1. The van der Waals surface area contributed by atoms with Crippen molar-refractivity contribution in [2.24, 2.45) is 0 Å². The van der Waals surface area contributed by atoms with Gasteiger partial charge in [0.1, 0.15) is 29.0 Å². The number of rotatable bonds is 9. The van der Waals surface area contributed by atoms with E-state index in [2.05, 4.69) is 5.09 Å². The van der Waals surface area contributed by atoms with Crippen molar-refractivity contribution in [3.05, 3.63) is 62.4 Å². The Balaban J connectivity index is 1.59. The van der Waals surface area contributed by atoms with Crippen LogP contribution in [0.25, 0.3) is 0 Å². The number of nitrogens with one attached hydrogen (secondary N) is 2. The van der Waals surface area contributed by atoms with Crippen LogP contribution < -0.4 is 20.9 Å². The second-order valence-corrected chi connectivity index (χ2v) is 11.3. The molecule has 2 heterocycles. The van der Waals surface area contributed by atoms with Gasteiger partial charge in [-0.1, -0.05) is 29.8 Å². The van der Waals surface area contributed by atoms with Gasteiger partial charge in [0.25, 0.3) is 5.56 Å². The molecule has 2 unspecified atom stereocenters. The number of hydrogen-bond donors (Lipinski definition) is 3. The van der Waals surface area contributed by atoms with Gasteiger partial charge >= 0.3 is 19.4 Å². The van der Waals surface area contributed by atoms with E-state index < -0.39 is 71.8 Å². The molecule has 1 saturated heterocycles. The van der Waals surface area contributed by atoms with Crippen LogP contribution in [0.2, 0.25) is 5.02 Å². The van der Waals surface area contributed by atoms with Crippen LogP contribution in [0.5, 0.6) is 5.75 Å². The van der Waals surface area contributed by atoms with Crippen LogP contribution >= 0.6 is 19.3 Å². The minimum Gasteiger partial charge on any atom is -0.462 e. The third-order valence-corrected chi connectivity index (χ3v) is 7.94. The molecule has 1 aliphatic heterocycles. The Bertz CT molecular complexity index is 1350. The molecule has 37 heavy (non-hydrogen) atoms. The first-order chi connectivity index (χ1) is 17.2. The average molecular weight is 562 g/mol. The van der Waals surface area contributed by atoms with E-state index in [1.165, 1.54) is 19.1 Å². The average Bonchev–Trinajstić information content (AvgIpc) is 3.29. The summed E-state index contributed by atoms with van der Waals surface area (Å²) in [6.07, 6.45) is -4.13. The fourth-order valence-electron chi connectivity index (χ4n) is 4.08. The highest BCUT2D eigenvalue weighted by Crippen LogP contribution is 2.66. The molecule has 1 aliphatic carbocycles. The second kappa shape index (κ2) is 9.64. The summed E-state index contributed by atoms with van der Waals surface area (Å²) in [5.41, 5.74) is -6.92. The lowest BCUT2D eigenvalue weighted by atomic mass is 9.97. The quantitative estimate of drug-likeness (QED) is 0.306. The molecular weight excluding hydrogens is 536 g/mol. The van der Waals surface area contributed by atoms with Crippen molar-refractivity contribution in [3.8, 4) is 5.75 Å². The molecule has 1 aromatic carbocycles. The monoisotopic (exact) mass is 561 g/mol. The molecule has 2 fully saturated rings. The number of esters is 1. The molecule has 202 valence electrons. The maximum Gasteiger partial charge on any atom is 0.459 e. The van der Waals surface area contributed by atoms with E-state index in [0.29, 0.717) is 4.57 Å². The number of aromatic amines is 1. The molecule has 2 aliphatic rings. The van der Waals surface area contributed by atoms with Crippen LogP contribution in [0.3, 0.4) is 0 Å². The van der Waals surface area contributed by atoms with E-state index in [1.807, 2.05) is 4.98 Å². The third kappa shape index (κ3) is 4.99. The first-order valence-electron chi connectivity index (χ1n) is 11.3. The number of hydrogen-bond acceptors (Lipinski definition) is 9. The zero-order valence-corrected chi connectivity index (χ0v) is 21.9. The first-order valence-corrected chi connectivity index (χ1v) is 13.2. The van der Waals surface area contributed by atoms with Crippen LogP contribution in [-0.2, 0) is 23.4 Å². The van der Waals surface area contributed by atoms with Gasteiger partial charge in [-0.2, -0.15) is 5.09 Å². The highest BCUT2D eigenvalue weighted by Gasteiger charge is 2.85. The van der Waals surface area contributed by atoms with Crippen LogP contribution in [-0.4, -0.2) is 56.3 Å². The van der Waals surface area contributed by atoms with Gasteiger partial charge in [0.15, 0.2) is 17.5 Å². The molecule has 4 rings (SSSR count). The number of nitrogens with zero attached hydrogens (tertiary/aromatic N) is 1. The Labute approximate surface area is 215 Å². The third-order valence-electron chi connectivity index (χ3n) is 6.01. The minimum atomic E-state index is -4.45. The minimum absolute atomic E-state index is 0.108. The van der Waals surface area contributed by atoms with Gasteiger partial charge in [-0.25, -0.2) is 13.8 Å². The van der Waals surface area contributed by atoms with E-state index in [0.717, 1.165) is 13.1 Å². The van der Waals surface area contributed by atoms with Gasteiger partial charge in [0.05, 0.1) is 6.10 Å². The smallest absolute Gasteiger partial charge is 0.459 e. The zero-order valence-electron chi connectivity index (χ0n) is 20.2. The number of aliphatic hydroxyl groups is 1. The first kappa shape index (κ1) is 27.5. The van der Waals surface area contributed by atoms with E-state index in [4.69, 9.17) is 30.1 Å². The van der Waals surface area contributed by atoms with E-state index in [9.17, 15) is 24.1 Å². The maximum absolute atomic E-state index is 16.0. The van der Waals surface area contributed by atoms with Crippen molar-refractivity contribution in [1.82, 2.24) is 14.6 Å². The number of ether oxygens (including phenoxy) is 2. The molecule has 2 aromatic rings. The molecule has 1 saturated carbocycles. The molecule has 15 heteroatoms. The lowest BCUT2D eigenvalue weighted by Gasteiger charge is -2.32. The Morgan fingerprint density at radius 1 is 1.30 bits per heavy atom. The molecule has 0 amide bonds. The Morgan fingerprint density at radius 3 is 2.51 bits per heavy atom. The Kier molecular flexibility index (Phi) is 7.17. The van der Waals surface area contributed by atoms with E-state index in [1.54, 1.807) is 32.0 Å². The molecule has 1 aromatic heterocycles. The van der Waals surface area contributed by atoms with Crippen molar-refractivity contribution in [1.29, 1.82) is 0 Å². The lowest BCUT2D eigenvalue weighted by Crippen LogP contribution is -2.48. The predicted molar refractivity (Wildman–Crippen MR) is 128 cm³/mol. The van der Waals surface area contributed by atoms with Crippen LogP contribution in [0.15, 0.2) is 46.1 Å². The molecule has 7 atom stereocenters. The highest BCUT2D eigenvalue weighted by atomic mass is 35.5. The van der Waals surface area contributed by atoms with Gasteiger partial charge in [-0.05, 0) is 39.8 Å². The number of benzene rings is 1. The van der Waals surface area contributed by atoms with Gasteiger partial charge in [0.2, 0.25) is 0 Å². The summed E-state index contributed by atoms with van der Waals surface area (Å²) in [6, 6.07) is 6.70. The van der Waals surface area contributed by atoms with Crippen molar-refractivity contribution in [2.45, 2.75) is 69.5 Å². The molecule has 0 bridgehead atoms. The van der Waals surface area contributed by atoms with Crippen LogP contribution in [0, 0.1) is 0 Å². The summed E-state index contributed by atoms with van der Waals surface area (Å²) in [4.78, 5) is 38.0. The molecule has 12 nitrogen and oxygen atoms in total. The number of para-hydroxylation sites is 1. The predicted octanol–water partition coefficient (Wildman–Crippen LogP) is 2.06. The second-order valence-electron chi connectivity index (χ2n) is 9.22.